The Morgan fingerprint density at radius 1 is 1.11 bits per heavy atom. The predicted molar refractivity (Wildman–Crippen MR) is 73.7 cm³/mol. The summed E-state index contributed by atoms with van der Waals surface area (Å²) in [5.74, 6) is -0.0681. The zero-order valence-electron chi connectivity index (χ0n) is 11.2. The number of hydrogen-bond acceptors (Lipinski definition) is 3. The van der Waals surface area contributed by atoms with Crippen LogP contribution in [0.5, 0.6) is 0 Å². The molecule has 0 amide bonds. The third kappa shape index (κ3) is 2.98. The first-order valence-corrected chi connectivity index (χ1v) is 7.33. The Morgan fingerprint density at radius 2 is 1.84 bits per heavy atom. The van der Waals surface area contributed by atoms with Crippen molar-refractivity contribution in [2.24, 2.45) is 0 Å². The molecule has 0 spiro atoms. The minimum atomic E-state index is -0.170. The van der Waals surface area contributed by atoms with Gasteiger partial charge in [0.1, 0.15) is 12.1 Å². The van der Waals surface area contributed by atoms with Crippen molar-refractivity contribution in [1.82, 2.24) is 5.32 Å². The van der Waals surface area contributed by atoms with Gasteiger partial charge in [-0.05, 0) is 43.2 Å². The summed E-state index contributed by atoms with van der Waals surface area (Å²) in [6.45, 7) is 0.764. The van der Waals surface area contributed by atoms with Crippen molar-refractivity contribution in [3.8, 4) is 0 Å². The van der Waals surface area contributed by atoms with Crippen LogP contribution in [0, 0.1) is 0 Å². The summed E-state index contributed by atoms with van der Waals surface area (Å²) in [7, 11) is 0. The quantitative estimate of drug-likeness (QED) is 0.830. The van der Waals surface area contributed by atoms with E-state index in [2.05, 4.69) is 17.4 Å². The molecular weight excluding hydrogens is 238 g/mol. The molecule has 1 aromatic carbocycles. The molecule has 0 aromatic heterocycles. The molecule has 3 heteroatoms. The summed E-state index contributed by atoms with van der Waals surface area (Å²) in [6, 6.07) is 8.13. The molecular formula is C16H21NO2. The minimum Gasteiger partial charge on any atom is -0.461 e. The van der Waals surface area contributed by atoms with Crippen LogP contribution in [-0.4, -0.2) is 18.1 Å². The van der Waals surface area contributed by atoms with Gasteiger partial charge >= 0.3 is 5.97 Å². The molecule has 102 valence electrons. The van der Waals surface area contributed by atoms with Crippen molar-refractivity contribution in [3.05, 3.63) is 35.4 Å². The Kier molecular flexibility index (Phi) is 3.83. The fourth-order valence-corrected chi connectivity index (χ4v) is 3.05. The largest absolute Gasteiger partial charge is 0.461 e. The van der Waals surface area contributed by atoms with Gasteiger partial charge in [-0.3, -0.25) is 4.79 Å². The first-order chi connectivity index (χ1) is 9.33. The van der Waals surface area contributed by atoms with Crippen LogP contribution in [0.3, 0.4) is 0 Å². The molecule has 3 rings (SSSR count). The van der Waals surface area contributed by atoms with Gasteiger partial charge in [-0.2, -0.15) is 0 Å². The lowest BCUT2D eigenvalue weighted by Crippen LogP contribution is -2.44. The summed E-state index contributed by atoms with van der Waals surface area (Å²) >= 11 is 0. The summed E-state index contributed by atoms with van der Waals surface area (Å²) in [5, 5.41) is 3.29. The standard InChI is InChI=1S/C16H21NO2/c18-16(19-14-8-2-1-3-9-14)15-10-12-6-4-5-7-13(12)11-17-15/h4-7,14-15,17H,1-3,8-11H2/t15-/m1/s1. The number of fused-ring (bicyclic) bond motifs is 1. The van der Waals surface area contributed by atoms with E-state index in [1.165, 1.54) is 30.4 Å². The average Bonchev–Trinajstić information content (AvgIpc) is 2.48. The molecule has 1 fully saturated rings. The molecule has 3 nitrogen and oxygen atoms in total. The number of esters is 1. The highest BCUT2D eigenvalue weighted by Crippen LogP contribution is 2.22. The molecule has 2 aliphatic rings. The second-order valence-electron chi connectivity index (χ2n) is 5.60. The molecule has 1 aromatic rings. The van der Waals surface area contributed by atoms with Crippen LogP contribution in [0.15, 0.2) is 24.3 Å². The molecule has 0 unspecified atom stereocenters. The Labute approximate surface area is 114 Å². The van der Waals surface area contributed by atoms with Gasteiger partial charge in [0.15, 0.2) is 0 Å². The maximum absolute atomic E-state index is 12.2. The van der Waals surface area contributed by atoms with Gasteiger partial charge in [0.2, 0.25) is 0 Å². The Hall–Kier alpha value is -1.35. The molecule has 0 saturated heterocycles. The molecule has 1 aliphatic carbocycles. The van der Waals surface area contributed by atoms with Crippen molar-refractivity contribution in [3.63, 3.8) is 0 Å². The second-order valence-corrected chi connectivity index (χ2v) is 5.60. The lowest BCUT2D eigenvalue weighted by Gasteiger charge is -2.28. The van der Waals surface area contributed by atoms with E-state index in [9.17, 15) is 4.79 Å². The lowest BCUT2D eigenvalue weighted by atomic mass is 9.95. The van der Waals surface area contributed by atoms with E-state index in [0.29, 0.717) is 0 Å². The van der Waals surface area contributed by atoms with Gasteiger partial charge < -0.3 is 10.1 Å². The second kappa shape index (κ2) is 5.74. The highest BCUT2D eigenvalue weighted by Gasteiger charge is 2.27. The van der Waals surface area contributed by atoms with Crippen LogP contribution >= 0.6 is 0 Å². The predicted octanol–water partition coefficient (Wildman–Crippen LogP) is 2.58. The first-order valence-electron chi connectivity index (χ1n) is 7.33. The first kappa shape index (κ1) is 12.7. The highest BCUT2D eigenvalue weighted by atomic mass is 16.5. The van der Waals surface area contributed by atoms with E-state index in [0.717, 1.165) is 25.8 Å². The van der Waals surface area contributed by atoms with Gasteiger partial charge in [0, 0.05) is 6.54 Å². The summed E-state index contributed by atoms with van der Waals surface area (Å²) in [4.78, 5) is 12.2. The summed E-state index contributed by atoms with van der Waals surface area (Å²) < 4.78 is 5.64. The number of rotatable bonds is 2. The van der Waals surface area contributed by atoms with Crippen LogP contribution < -0.4 is 5.32 Å². The van der Waals surface area contributed by atoms with Crippen LogP contribution in [0.4, 0.5) is 0 Å². The van der Waals surface area contributed by atoms with Gasteiger partial charge in [0.05, 0.1) is 0 Å². The van der Waals surface area contributed by atoms with Crippen LogP contribution in [0.25, 0.3) is 0 Å². The number of carbonyl (C=O) groups excluding carboxylic acids is 1. The van der Waals surface area contributed by atoms with Gasteiger partial charge in [-0.25, -0.2) is 0 Å². The number of nitrogens with one attached hydrogen (secondary N) is 1. The highest BCUT2D eigenvalue weighted by molar-refractivity contribution is 5.76. The zero-order chi connectivity index (χ0) is 13.1. The fourth-order valence-electron chi connectivity index (χ4n) is 3.05. The minimum absolute atomic E-state index is 0.0681. The molecule has 0 radical (unpaired) electrons. The van der Waals surface area contributed by atoms with Crippen molar-refractivity contribution in [2.75, 3.05) is 0 Å². The van der Waals surface area contributed by atoms with Crippen molar-refractivity contribution >= 4 is 5.97 Å². The van der Waals surface area contributed by atoms with Crippen LogP contribution in [0.2, 0.25) is 0 Å². The van der Waals surface area contributed by atoms with Gasteiger partial charge in [0.25, 0.3) is 0 Å². The smallest absolute Gasteiger partial charge is 0.323 e. The van der Waals surface area contributed by atoms with E-state index in [4.69, 9.17) is 4.74 Å². The molecule has 1 heterocycles. The summed E-state index contributed by atoms with van der Waals surface area (Å²) in [6.07, 6.45) is 6.65. The van der Waals surface area contributed by atoms with Gasteiger partial charge in [-0.15, -0.1) is 0 Å². The zero-order valence-corrected chi connectivity index (χ0v) is 11.2. The maximum atomic E-state index is 12.2. The Morgan fingerprint density at radius 3 is 2.63 bits per heavy atom. The topological polar surface area (TPSA) is 38.3 Å². The average molecular weight is 259 g/mol. The van der Waals surface area contributed by atoms with Gasteiger partial charge in [-0.1, -0.05) is 30.7 Å². The van der Waals surface area contributed by atoms with E-state index >= 15 is 0 Å². The molecule has 1 saturated carbocycles. The lowest BCUT2D eigenvalue weighted by molar-refractivity contribution is -0.153. The molecule has 19 heavy (non-hydrogen) atoms. The van der Waals surface area contributed by atoms with Crippen LogP contribution in [0.1, 0.15) is 43.2 Å². The number of ether oxygens (including phenoxy) is 1. The van der Waals surface area contributed by atoms with E-state index in [1.807, 2.05) is 12.1 Å². The molecule has 0 bridgehead atoms. The SMILES string of the molecule is O=C(OC1CCCCC1)[C@H]1Cc2ccccc2CN1. The van der Waals surface area contributed by atoms with Crippen molar-refractivity contribution in [2.45, 2.75) is 57.2 Å². The van der Waals surface area contributed by atoms with Crippen molar-refractivity contribution < 1.29 is 9.53 Å². The summed E-state index contributed by atoms with van der Waals surface area (Å²) in [5.41, 5.74) is 2.57. The molecule has 1 aliphatic heterocycles. The third-order valence-corrected chi connectivity index (χ3v) is 4.20. The van der Waals surface area contributed by atoms with E-state index < -0.39 is 0 Å². The van der Waals surface area contributed by atoms with Crippen LogP contribution in [-0.2, 0) is 22.5 Å². The Bertz CT molecular complexity index is 452. The van der Waals surface area contributed by atoms with E-state index in [-0.39, 0.29) is 18.1 Å². The third-order valence-electron chi connectivity index (χ3n) is 4.20. The monoisotopic (exact) mass is 259 g/mol. The number of hydrogen-bond donors (Lipinski definition) is 1. The normalized spacial score (nSPS) is 23.7. The number of benzene rings is 1. The molecule has 1 N–H and O–H groups in total. The number of carbonyl (C=O) groups is 1. The molecule has 1 atom stereocenters. The van der Waals surface area contributed by atoms with E-state index in [1.54, 1.807) is 0 Å². The Balaban J connectivity index is 1.59. The van der Waals surface area contributed by atoms with Crippen molar-refractivity contribution in [1.29, 1.82) is 0 Å². The maximum Gasteiger partial charge on any atom is 0.323 e. The fraction of sp³-hybridized carbons (Fsp3) is 0.562.